The third-order valence-corrected chi connectivity index (χ3v) is 6.20. The van der Waals surface area contributed by atoms with Crippen LogP contribution in [0.5, 0.6) is 0 Å². The van der Waals surface area contributed by atoms with E-state index in [-0.39, 0.29) is 5.54 Å². The van der Waals surface area contributed by atoms with E-state index in [1.807, 2.05) is 0 Å². The van der Waals surface area contributed by atoms with Crippen molar-refractivity contribution >= 4 is 51.7 Å². The van der Waals surface area contributed by atoms with E-state index in [2.05, 4.69) is 90.8 Å². The molecule has 21 heavy (non-hydrogen) atoms. The first kappa shape index (κ1) is 14.9. The Labute approximate surface area is 136 Å². The third kappa shape index (κ3) is 2.36. The fraction of sp³-hybridized carbons (Fsp3) is 0.333. The summed E-state index contributed by atoms with van der Waals surface area (Å²) in [5.74, 6) is 0. The fourth-order valence-corrected chi connectivity index (χ4v) is 5.29. The zero-order chi connectivity index (χ0) is 15.4. The zero-order valence-electron chi connectivity index (χ0n) is 13.4. The lowest BCUT2D eigenvalue weighted by molar-refractivity contribution is 0.424. The highest BCUT2D eigenvalue weighted by molar-refractivity contribution is 9.10. The van der Waals surface area contributed by atoms with Gasteiger partial charge in [-0.15, -0.1) is 0 Å². The lowest BCUT2D eigenvalue weighted by atomic mass is 10.1. The Kier molecular flexibility index (Phi) is 3.53. The van der Waals surface area contributed by atoms with Crippen molar-refractivity contribution in [1.82, 2.24) is 4.57 Å². The van der Waals surface area contributed by atoms with Gasteiger partial charge < -0.3 is 4.57 Å². The van der Waals surface area contributed by atoms with Gasteiger partial charge in [0.2, 0.25) is 0 Å². The van der Waals surface area contributed by atoms with Gasteiger partial charge in [-0.25, -0.2) is 0 Å². The van der Waals surface area contributed by atoms with Gasteiger partial charge in [-0.3, -0.25) is 0 Å². The van der Waals surface area contributed by atoms with Crippen molar-refractivity contribution in [2.75, 3.05) is 0 Å². The first-order valence-corrected chi connectivity index (χ1v) is 11.2. The van der Waals surface area contributed by atoms with Crippen LogP contribution in [0.2, 0.25) is 13.1 Å². The van der Waals surface area contributed by atoms with Crippen molar-refractivity contribution in [3.8, 4) is 0 Å². The van der Waals surface area contributed by atoms with Crippen LogP contribution < -0.4 is 5.19 Å². The highest BCUT2D eigenvalue weighted by Gasteiger charge is 2.23. The second kappa shape index (κ2) is 4.99. The molecule has 0 amide bonds. The predicted molar refractivity (Wildman–Crippen MR) is 101 cm³/mol. The van der Waals surface area contributed by atoms with Crippen LogP contribution in [-0.2, 0) is 5.54 Å². The Morgan fingerprint density at radius 2 is 1.67 bits per heavy atom. The van der Waals surface area contributed by atoms with Crippen LogP contribution in [0, 0.1) is 0 Å². The van der Waals surface area contributed by atoms with Crippen LogP contribution in [0.3, 0.4) is 0 Å². The molecular formula is C18H22BrNSi. The summed E-state index contributed by atoms with van der Waals surface area (Å²) in [5, 5.41) is 4.29. The third-order valence-electron chi connectivity index (χ3n) is 4.06. The Balaban J connectivity index is 2.62. The molecule has 0 bridgehead atoms. The lowest BCUT2D eigenvalue weighted by Crippen LogP contribution is -2.30. The summed E-state index contributed by atoms with van der Waals surface area (Å²) in [6.45, 7) is 11.7. The minimum Gasteiger partial charge on any atom is -0.335 e. The van der Waals surface area contributed by atoms with Gasteiger partial charge in [-0.05, 0) is 44.2 Å². The number of fused-ring (bicyclic) bond motifs is 3. The van der Waals surface area contributed by atoms with Crippen LogP contribution in [0.15, 0.2) is 40.9 Å². The number of para-hydroxylation sites is 1. The summed E-state index contributed by atoms with van der Waals surface area (Å²) < 4.78 is 3.73. The van der Waals surface area contributed by atoms with E-state index in [9.17, 15) is 0 Å². The highest BCUT2D eigenvalue weighted by atomic mass is 79.9. The molecule has 110 valence electrons. The Bertz CT molecular complexity index is 824. The topological polar surface area (TPSA) is 4.93 Å². The quantitative estimate of drug-likeness (QED) is 0.538. The fourth-order valence-electron chi connectivity index (χ4n) is 3.23. The molecule has 0 fully saturated rings. The maximum Gasteiger partial charge on any atom is 0.0675 e. The van der Waals surface area contributed by atoms with E-state index < -0.39 is 8.80 Å². The molecule has 3 rings (SSSR count). The molecule has 1 heterocycles. The average molecular weight is 360 g/mol. The van der Waals surface area contributed by atoms with E-state index >= 15 is 0 Å². The summed E-state index contributed by atoms with van der Waals surface area (Å²) in [6.07, 6.45) is 0. The molecule has 0 aliphatic rings. The van der Waals surface area contributed by atoms with E-state index in [4.69, 9.17) is 0 Å². The molecule has 3 aromatic rings. The van der Waals surface area contributed by atoms with E-state index in [0.29, 0.717) is 0 Å². The number of aromatic nitrogens is 1. The predicted octanol–water partition coefficient (Wildman–Crippen LogP) is 5.01. The number of rotatable bonds is 1. The summed E-state index contributed by atoms with van der Waals surface area (Å²) in [7, 11) is -0.915. The maximum atomic E-state index is 3.71. The van der Waals surface area contributed by atoms with Crippen LogP contribution >= 0.6 is 15.9 Å². The number of hydrogen-bond acceptors (Lipinski definition) is 0. The standard InChI is InChI=1S/C18H22BrNSi/c1-18(2,3)20-15-9-7-6-8-13(15)14-10-12(19)11-16(17(14)20)21(4)5/h6-11,21H,1-5H3. The molecule has 2 aromatic carbocycles. The average Bonchev–Trinajstić information content (AvgIpc) is 2.72. The maximum absolute atomic E-state index is 3.71. The molecule has 0 spiro atoms. The Morgan fingerprint density at radius 1 is 1.00 bits per heavy atom. The molecular weight excluding hydrogens is 338 g/mol. The molecule has 0 saturated heterocycles. The minimum absolute atomic E-state index is 0.0766. The van der Waals surface area contributed by atoms with E-state index in [1.54, 1.807) is 5.19 Å². The SMILES string of the molecule is C[SiH](C)c1cc(Br)cc2c3ccccc3n(C(C)(C)C)c12. The Morgan fingerprint density at radius 3 is 2.29 bits per heavy atom. The van der Waals surface area contributed by atoms with Gasteiger partial charge in [-0.2, -0.15) is 0 Å². The largest absolute Gasteiger partial charge is 0.335 e. The molecule has 0 saturated carbocycles. The monoisotopic (exact) mass is 359 g/mol. The molecule has 0 aliphatic heterocycles. The van der Waals surface area contributed by atoms with Crippen molar-refractivity contribution < 1.29 is 0 Å². The first-order chi connectivity index (χ1) is 9.80. The molecule has 0 atom stereocenters. The number of halogens is 1. The molecule has 1 nitrogen and oxygen atoms in total. The summed E-state index contributed by atoms with van der Waals surface area (Å²) in [6, 6.07) is 13.4. The molecule has 0 N–H and O–H groups in total. The smallest absolute Gasteiger partial charge is 0.0675 e. The van der Waals surface area contributed by atoms with Crippen LogP contribution in [0.1, 0.15) is 20.8 Å². The molecule has 3 heteroatoms. The minimum atomic E-state index is -0.915. The van der Waals surface area contributed by atoms with Crippen LogP contribution in [-0.4, -0.2) is 13.4 Å². The van der Waals surface area contributed by atoms with Crippen molar-refractivity contribution in [3.63, 3.8) is 0 Å². The lowest BCUT2D eigenvalue weighted by Gasteiger charge is -2.26. The van der Waals surface area contributed by atoms with Crippen molar-refractivity contribution in [2.45, 2.75) is 39.4 Å². The second-order valence-electron chi connectivity index (χ2n) is 7.07. The highest BCUT2D eigenvalue weighted by Crippen LogP contribution is 2.34. The van der Waals surface area contributed by atoms with Crippen molar-refractivity contribution in [3.05, 3.63) is 40.9 Å². The van der Waals surface area contributed by atoms with Crippen molar-refractivity contribution in [1.29, 1.82) is 0 Å². The second-order valence-corrected chi connectivity index (χ2v) is 10.9. The normalized spacial score (nSPS) is 12.7. The van der Waals surface area contributed by atoms with Gasteiger partial charge >= 0.3 is 0 Å². The van der Waals surface area contributed by atoms with Gasteiger partial charge in [0.15, 0.2) is 0 Å². The van der Waals surface area contributed by atoms with E-state index in [1.165, 1.54) is 26.3 Å². The summed E-state index contributed by atoms with van der Waals surface area (Å²) in [4.78, 5) is 0. The number of benzene rings is 2. The van der Waals surface area contributed by atoms with Gasteiger partial charge in [0.25, 0.3) is 0 Å². The number of nitrogens with zero attached hydrogens (tertiary/aromatic N) is 1. The van der Waals surface area contributed by atoms with Crippen LogP contribution in [0.25, 0.3) is 21.8 Å². The van der Waals surface area contributed by atoms with Crippen molar-refractivity contribution in [2.24, 2.45) is 0 Å². The number of hydrogen-bond donors (Lipinski definition) is 0. The van der Waals surface area contributed by atoms with E-state index in [0.717, 1.165) is 0 Å². The molecule has 0 aliphatic carbocycles. The molecule has 0 radical (unpaired) electrons. The molecule has 1 aromatic heterocycles. The van der Waals surface area contributed by atoms with Gasteiger partial charge in [-0.1, -0.05) is 47.2 Å². The zero-order valence-corrected chi connectivity index (χ0v) is 16.1. The van der Waals surface area contributed by atoms with Gasteiger partial charge in [0.05, 0.1) is 8.80 Å². The summed E-state index contributed by atoms with van der Waals surface area (Å²) in [5.41, 5.74) is 2.86. The first-order valence-electron chi connectivity index (χ1n) is 7.54. The van der Waals surface area contributed by atoms with Crippen LogP contribution in [0.4, 0.5) is 0 Å². The molecule has 0 unspecified atom stereocenters. The van der Waals surface area contributed by atoms with Gasteiger partial charge in [0.1, 0.15) is 0 Å². The van der Waals surface area contributed by atoms with Gasteiger partial charge in [0, 0.05) is 31.8 Å². The Hall–Kier alpha value is -1.06. The summed E-state index contributed by atoms with van der Waals surface area (Å²) >= 11 is 3.71.